The first-order valence-corrected chi connectivity index (χ1v) is 13.5. The lowest BCUT2D eigenvalue weighted by Gasteiger charge is -2.37. The van der Waals surface area contributed by atoms with Crippen LogP contribution in [0.2, 0.25) is 0 Å². The lowest BCUT2D eigenvalue weighted by Crippen LogP contribution is -2.51. The van der Waals surface area contributed by atoms with E-state index in [1.807, 2.05) is 35.0 Å². The maximum Gasteiger partial charge on any atom is 0.416 e. The minimum absolute atomic E-state index is 0.0426. The number of Topliss-reactive ketones (excluding diaryl/α,β-unsaturated/α-hetero) is 1. The van der Waals surface area contributed by atoms with Gasteiger partial charge in [-0.3, -0.25) is 9.59 Å². The molecule has 2 fully saturated rings. The molecule has 0 spiro atoms. The molecular weight excluding hydrogens is 497 g/mol. The number of nitrogens with one attached hydrogen (secondary N) is 2. The van der Waals surface area contributed by atoms with Crippen molar-refractivity contribution in [2.75, 3.05) is 13.1 Å². The van der Waals surface area contributed by atoms with E-state index in [9.17, 15) is 22.8 Å². The first-order valence-electron chi connectivity index (χ1n) is 12.6. The first kappa shape index (κ1) is 25.7. The third kappa shape index (κ3) is 5.80. The number of thiophene rings is 1. The topological polar surface area (TPSA) is 58.2 Å². The van der Waals surface area contributed by atoms with Gasteiger partial charge in [0, 0.05) is 18.9 Å². The number of ketones is 1. The molecule has 1 aliphatic carbocycles. The highest BCUT2D eigenvalue weighted by Crippen LogP contribution is 2.38. The molecule has 194 valence electrons. The van der Waals surface area contributed by atoms with Crippen LogP contribution in [0.4, 0.5) is 13.2 Å². The summed E-state index contributed by atoms with van der Waals surface area (Å²) in [6.45, 7) is 1.46. The molecule has 37 heavy (non-hydrogen) atoms. The molecule has 1 saturated carbocycles. The molecule has 1 amide bonds. The number of carbonyl (C=O) groups excluding carboxylic acids is 2. The Hall–Kier alpha value is -2.97. The van der Waals surface area contributed by atoms with Crippen molar-refractivity contribution in [2.24, 2.45) is 0 Å². The molecule has 5 rings (SSSR count). The average molecular weight is 527 g/mol. The van der Waals surface area contributed by atoms with Gasteiger partial charge in [0.1, 0.15) is 5.78 Å². The molecule has 1 aliphatic heterocycles. The fourth-order valence-corrected chi connectivity index (χ4v) is 5.80. The van der Waals surface area contributed by atoms with Crippen molar-refractivity contribution < 1.29 is 22.8 Å². The Bertz CT molecular complexity index is 1280. The van der Waals surface area contributed by atoms with Gasteiger partial charge in [-0.1, -0.05) is 36.4 Å². The second kappa shape index (κ2) is 10.4. The predicted octanol–water partition coefficient (Wildman–Crippen LogP) is 5.69. The van der Waals surface area contributed by atoms with Crippen LogP contribution in [-0.2, 0) is 34.0 Å². The fourth-order valence-electron chi connectivity index (χ4n) is 5.15. The highest BCUT2D eigenvalue weighted by molar-refractivity contribution is 7.08. The SMILES string of the molecule is O=C(Cc1cccc(C(F)(F)F)c1)Cc1cc(C2(C(=O)NC3CC3)CCNCC2)ccc1-c1ccsc1. The van der Waals surface area contributed by atoms with Crippen molar-refractivity contribution in [3.8, 4) is 11.1 Å². The molecule has 0 bridgehead atoms. The Morgan fingerprint density at radius 3 is 2.49 bits per heavy atom. The number of hydrogen-bond donors (Lipinski definition) is 2. The summed E-state index contributed by atoms with van der Waals surface area (Å²) >= 11 is 1.55. The number of benzene rings is 2. The minimum atomic E-state index is -4.45. The van der Waals surface area contributed by atoms with Gasteiger partial charge in [-0.15, -0.1) is 0 Å². The van der Waals surface area contributed by atoms with Crippen LogP contribution >= 0.6 is 11.3 Å². The van der Waals surface area contributed by atoms with Crippen LogP contribution in [-0.4, -0.2) is 30.8 Å². The average Bonchev–Trinajstić information content (AvgIpc) is 3.52. The van der Waals surface area contributed by atoms with Crippen LogP contribution < -0.4 is 10.6 Å². The van der Waals surface area contributed by atoms with Crippen LogP contribution in [0, 0.1) is 0 Å². The molecular formula is C29H29F3N2O2S. The molecule has 2 aromatic carbocycles. The zero-order valence-electron chi connectivity index (χ0n) is 20.4. The van der Waals surface area contributed by atoms with Gasteiger partial charge in [-0.2, -0.15) is 24.5 Å². The van der Waals surface area contributed by atoms with Gasteiger partial charge in [-0.25, -0.2) is 0 Å². The summed E-state index contributed by atoms with van der Waals surface area (Å²) in [4.78, 5) is 26.6. The third-order valence-electron chi connectivity index (χ3n) is 7.34. The maximum atomic E-state index is 13.5. The van der Waals surface area contributed by atoms with Gasteiger partial charge >= 0.3 is 6.18 Å². The van der Waals surface area contributed by atoms with Gasteiger partial charge < -0.3 is 10.6 Å². The van der Waals surface area contributed by atoms with Crippen molar-refractivity contribution in [3.05, 3.63) is 81.5 Å². The van der Waals surface area contributed by atoms with Crippen LogP contribution in [0.1, 0.15) is 47.9 Å². The smallest absolute Gasteiger partial charge is 0.353 e. The van der Waals surface area contributed by atoms with E-state index < -0.39 is 17.2 Å². The van der Waals surface area contributed by atoms with E-state index in [-0.39, 0.29) is 30.6 Å². The van der Waals surface area contributed by atoms with Crippen molar-refractivity contribution in [1.82, 2.24) is 10.6 Å². The summed E-state index contributed by atoms with van der Waals surface area (Å²) in [5, 5.41) is 10.5. The number of piperidine rings is 1. The molecule has 3 aromatic rings. The van der Waals surface area contributed by atoms with Gasteiger partial charge in [0.05, 0.1) is 11.0 Å². The number of halogens is 3. The van der Waals surface area contributed by atoms with E-state index in [0.717, 1.165) is 60.3 Å². The van der Waals surface area contributed by atoms with E-state index in [2.05, 4.69) is 10.6 Å². The number of hydrogen-bond acceptors (Lipinski definition) is 4. The van der Waals surface area contributed by atoms with E-state index in [0.29, 0.717) is 18.4 Å². The van der Waals surface area contributed by atoms with Crippen molar-refractivity contribution in [1.29, 1.82) is 0 Å². The molecule has 2 N–H and O–H groups in total. The first-order chi connectivity index (χ1) is 17.7. The van der Waals surface area contributed by atoms with Crippen LogP contribution in [0.25, 0.3) is 11.1 Å². The second-order valence-electron chi connectivity index (χ2n) is 10.1. The summed E-state index contributed by atoms with van der Waals surface area (Å²) in [6, 6.07) is 13.1. The Morgan fingerprint density at radius 1 is 1.03 bits per heavy atom. The normalized spacial score (nSPS) is 17.4. The lowest BCUT2D eigenvalue weighted by molar-refractivity contribution is -0.137. The highest BCUT2D eigenvalue weighted by atomic mass is 32.1. The van der Waals surface area contributed by atoms with Crippen LogP contribution in [0.15, 0.2) is 59.3 Å². The molecule has 2 heterocycles. The van der Waals surface area contributed by atoms with Gasteiger partial charge in [0.15, 0.2) is 0 Å². The van der Waals surface area contributed by atoms with E-state index in [4.69, 9.17) is 0 Å². The van der Waals surface area contributed by atoms with Crippen molar-refractivity contribution >= 4 is 23.0 Å². The molecule has 2 aliphatic rings. The largest absolute Gasteiger partial charge is 0.416 e. The summed E-state index contributed by atoms with van der Waals surface area (Å²) in [5.74, 6) is -0.129. The Kier molecular flexibility index (Phi) is 7.23. The maximum absolute atomic E-state index is 13.5. The highest BCUT2D eigenvalue weighted by Gasteiger charge is 2.43. The minimum Gasteiger partial charge on any atom is -0.353 e. The quantitative estimate of drug-likeness (QED) is 0.397. The number of alkyl halides is 3. The lowest BCUT2D eigenvalue weighted by atomic mass is 9.71. The van der Waals surface area contributed by atoms with Gasteiger partial charge in [-0.05, 0) is 89.5 Å². The molecule has 0 unspecified atom stereocenters. The zero-order valence-corrected chi connectivity index (χ0v) is 21.2. The molecule has 0 radical (unpaired) electrons. The van der Waals surface area contributed by atoms with E-state index in [1.54, 1.807) is 17.4 Å². The summed E-state index contributed by atoms with van der Waals surface area (Å²) < 4.78 is 39.4. The standard InChI is InChI=1S/C29H29F3N2O2S/c30-29(31,32)23-3-1-2-19(14-23)15-25(35)17-21-16-22(4-7-26(21)20-8-13-37-18-20)28(9-11-33-12-10-28)27(36)34-24-5-6-24/h1-4,7-8,13-14,16,18,24,33H,5-6,9-12,15,17H2,(H,34,36). The Morgan fingerprint density at radius 2 is 1.81 bits per heavy atom. The number of carbonyl (C=O) groups is 2. The van der Waals surface area contributed by atoms with E-state index >= 15 is 0 Å². The molecule has 4 nitrogen and oxygen atoms in total. The summed E-state index contributed by atoms with van der Waals surface area (Å²) in [7, 11) is 0. The third-order valence-corrected chi connectivity index (χ3v) is 8.02. The molecule has 0 atom stereocenters. The van der Waals surface area contributed by atoms with Gasteiger partial charge in [0.25, 0.3) is 0 Å². The van der Waals surface area contributed by atoms with E-state index in [1.165, 1.54) is 6.07 Å². The Balaban J connectivity index is 1.46. The van der Waals surface area contributed by atoms with Crippen molar-refractivity contribution in [3.63, 3.8) is 0 Å². The Labute approximate surface area is 218 Å². The molecule has 1 aromatic heterocycles. The summed E-state index contributed by atoms with van der Waals surface area (Å²) in [5.41, 5.74) is 2.51. The van der Waals surface area contributed by atoms with Gasteiger partial charge in [0.2, 0.25) is 5.91 Å². The zero-order chi connectivity index (χ0) is 26.0. The number of amides is 1. The van der Waals surface area contributed by atoms with Crippen LogP contribution in [0.5, 0.6) is 0 Å². The molecule has 8 heteroatoms. The monoisotopic (exact) mass is 526 g/mol. The predicted molar refractivity (Wildman–Crippen MR) is 139 cm³/mol. The van der Waals surface area contributed by atoms with Crippen LogP contribution in [0.3, 0.4) is 0 Å². The second-order valence-corrected chi connectivity index (χ2v) is 10.8. The number of rotatable bonds is 8. The van der Waals surface area contributed by atoms with Crippen molar-refractivity contribution in [2.45, 2.75) is 56.2 Å². The summed E-state index contributed by atoms with van der Waals surface area (Å²) in [6.07, 6.45) is -1.12. The fraction of sp³-hybridized carbons (Fsp3) is 0.379. The molecule has 1 saturated heterocycles.